The van der Waals surface area contributed by atoms with Gasteiger partial charge in [-0.2, -0.15) is 4.98 Å². The molecule has 0 aliphatic carbocycles. The summed E-state index contributed by atoms with van der Waals surface area (Å²) in [7, 11) is 0. The molecule has 2 aromatic rings. The minimum absolute atomic E-state index is 0.00564. The van der Waals surface area contributed by atoms with Crippen LogP contribution in [0.15, 0.2) is 11.1 Å². The number of aliphatic hydroxyl groups is 1. The molecule has 2 rings (SSSR count). The molecular formula is C9H13N5O3. The molecule has 0 bridgehead atoms. The molecule has 17 heavy (non-hydrogen) atoms. The number of anilines is 1. The zero-order valence-electron chi connectivity index (χ0n) is 9.06. The Balaban J connectivity index is 1.97. The highest BCUT2D eigenvalue weighted by molar-refractivity contribution is 5.69. The second kappa shape index (κ2) is 5.41. The van der Waals surface area contributed by atoms with E-state index in [4.69, 9.17) is 9.84 Å². The molecule has 0 aliphatic heterocycles. The molecule has 0 spiro atoms. The molecule has 0 fully saturated rings. The van der Waals surface area contributed by atoms with Gasteiger partial charge in [-0.3, -0.25) is 9.78 Å². The molecule has 0 aromatic carbocycles. The van der Waals surface area contributed by atoms with Gasteiger partial charge in [-0.1, -0.05) is 0 Å². The van der Waals surface area contributed by atoms with E-state index < -0.39 is 0 Å². The maximum Gasteiger partial charge on any atom is 0.278 e. The van der Waals surface area contributed by atoms with Gasteiger partial charge in [-0.05, 0) is 0 Å². The topological polar surface area (TPSA) is 116 Å². The van der Waals surface area contributed by atoms with Gasteiger partial charge in [-0.15, -0.1) is 0 Å². The van der Waals surface area contributed by atoms with E-state index in [9.17, 15) is 4.79 Å². The highest BCUT2D eigenvalue weighted by Crippen LogP contribution is 2.02. The van der Waals surface area contributed by atoms with Crippen LogP contribution >= 0.6 is 0 Å². The minimum atomic E-state index is -0.272. The fraction of sp³-hybridized carbons (Fsp3) is 0.444. The molecule has 4 N–H and O–H groups in total. The first kappa shape index (κ1) is 11.6. The smallest absolute Gasteiger partial charge is 0.278 e. The van der Waals surface area contributed by atoms with Crippen LogP contribution in [0.1, 0.15) is 0 Å². The van der Waals surface area contributed by atoms with Gasteiger partial charge in [0.2, 0.25) is 5.95 Å². The van der Waals surface area contributed by atoms with Crippen LogP contribution in [0.25, 0.3) is 11.2 Å². The first-order chi connectivity index (χ1) is 8.31. The maximum atomic E-state index is 11.5. The molecular weight excluding hydrogens is 226 g/mol. The van der Waals surface area contributed by atoms with E-state index in [-0.39, 0.29) is 12.2 Å². The number of H-pyrrole nitrogens is 2. The van der Waals surface area contributed by atoms with Crippen LogP contribution < -0.4 is 10.9 Å². The molecule has 2 heterocycles. The number of ether oxygens (including phenoxy) is 1. The van der Waals surface area contributed by atoms with E-state index in [0.29, 0.717) is 36.9 Å². The molecule has 92 valence electrons. The maximum absolute atomic E-state index is 11.5. The number of fused-ring (bicyclic) bond motifs is 1. The average Bonchev–Trinajstić information content (AvgIpc) is 2.77. The lowest BCUT2D eigenvalue weighted by Crippen LogP contribution is -2.17. The summed E-state index contributed by atoms with van der Waals surface area (Å²) in [6.07, 6.45) is 1.42. The molecule has 0 aliphatic rings. The molecule has 0 saturated heterocycles. The molecule has 0 atom stereocenters. The number of hydrogen-bond donors (Lipinski definition) is 4. The van der Waals surface area contributed by atoms with E-state index in [2.05, 4.69) is 25.3 Å². The molecule has 0 unspecified atom stereocenters. The Morgan fingerprint density at radius 3 is 3.18 bits per heavy atom. The number of nitrogens with one attached hydrogen (secondary N) is 3. The Kier molecular flexibility index (Phi) is 3.68. The Labute approximate surface area is 96.1 Å². The molecule has 0 saturated carbocycles. The lowest BCUT2D eigenvalue weighted by Gasteiger charge is -2.05. The number of aromatic amines is 2. The Morgan fingerprint density at radius 1 is 1.47 bits per heavy atom. The number of aliphatic hydroxyl groups excluding tert-OH is 1. The van der Waals surface area contributed by atoms with Crippen molar-refractivity contribution in [3.8, 4) is 0 Å². The van der Waals surface area contributed by atoms with Crippen molar-refractivity contribution in [2.45, 2.75) is 0 Å². The largest absolute Gasteiger partial charge is 0.394 e. The third kappa shape index (κ3) is 2.80. The second-order valence-corrected chi connectivity index (χ2v) is 3.28. The van der Waals surface area contributed by atoms with Crippen molar-refractivity contribution in [2.24, 2.45) is 0 Å². The average molecular weight is 239 g/mol. The Morgan fingerprint density at radius 2 is 2.35 bits per heavy atom. The standard InChI is InChI=1S/C9H13N5O3/c15-2-4-17-3-1-10-9-13-7-6(8(16)14-9)11-5-12-7/h5,15H,1-4H2,(H3,10,11,12,13,14,16). The SMILES string of the molecule is O=c1[nH]c(NCCOCCO)nc2nc[nH]c12. The van der Waals surface area contributed by atoms with E-state index in [1.54, 1.807) is 0 Å². The summed E-state index contributed by atoms with van der Waals surface area (Å²) in [5.41, 5.74) is 0.450. The van der Waals surface area contributed by atoms with Crippen molar-refractivity contribution in [3.05, 3.63) is 16.7 Å². The van der Waals surface area contributed by atoms with E-state index in [1.165, 1.54) is 6.33 Å². The predicted molar refractivity (Wildman–Crippen MR) is 60.9 cm³/mol. The molecule has 8 nitrogen and oxygen atoms in total. The quantitative estimate of drug-likeness (QED) is 0.484. The van der Waals surface area contributed by atoms with Crippen molar-refractivity contribution < 1.29 is 9.84 Å². The first-order valence-corrected chi connectivity index (χ1v) is 5.17. The highest BCUT2D eigenvalue weighted by Gasteiger charge is 2.04. The van der Waals surface area contributed by atoms with Crippen LogP contribution in [0.5, 0.6) is 0 Å². The second-order valence-electron chi connectivity index (χ2n) is 3.28. The molecule has 0 radical (unpaired) electrons. The number of imidazole rings is 1. The number of rotatable bonds is 6. The summed E-state index contributed by atoms with van der Waals surface area (Å²) in [6, 6.07) is 0. The van der Waals surface area contributed by atoms with E-state index in [0.717, 1.165) is 0 Å². The van der Waals surface area contributed by atoms with Crippen molar-refractivity contribution >= 4 is 17.1 Å². The Bertz CT molecular complexity index is 535. The van der Waals surface area contributed by atoms with Crippen molar-refractivity contribution in [2.75, 3.05) is 31.7 Å². The zero-order chi connectivity index (χ0) is 12.1. The molecule has 8 heteroatoms. The van der Waals surface area contributed by atoms with Crippen LogP contribution in [-0.2, 0) is 4.74 Å². The van der Waals surface area contributed by atoms with Gasteiger partial charge >= 0.3 is 0 Å². The lowest BCUT2D eigenvalue weighted by molar-refractivity contribution is 0.0991. The summed E-state index contributed by atoms with van der Waals surface area (Å²) in [6.45, 7) is 1.19. The number of hydrogen-bond acceptors (Lipinski definition) is 6. The van der Waals surface area contributed by atoms with Crippen molar-refractivity contribution in [1.82, 2.24) is 19.9 Å². The van der Waals surface area contributed by atoms with Crippen molar-refractivity contribution in [1.29, 1.82) is 0 Å². The first-order valence-electron chi connectivity index (χ1n) is 5.17. The zero-order valence-corrected chi connectivity index (χ0v) is 9.06. The van der Waals surface area contributed by atoms with E-state index >= 15 is 0 Å². The fourth-order valence-electron chi connectivity index (χ4n) is 1.33. The van der Waals surface area contributed by atoms with Gasteiger partial charge in [0.15, 0.2) is 11.2 Å². The third-order valence-electron chi connectivity index (χ3n) is 2.07. The van der Waals surface area contributed by atoms with Crippen LogP contribution in [0.2, 0.25) is 0 Å². The minimum Gasteiger partial charge on any atom is -0.394 e. The van der Waals surface area contributed by atoms with Crippen LogP contribution in [0.3, 0.4) is 0 Å². The summed E-state index contributed by atoms with van der Waals surface area (Å²) in [5, 5.41) is 11.4. The number of nitrogens with zero attached hydrogens (tertiary/aromatic N) is 2. The van der Waals surface area contributed by atoms with Crippen LogP contribution in [0, 0.1) is 0 Å². The van der Waals surface area contributed by atoms with Gasteiger partial charge in [0.05, 0.1) is 26.1 Å². The summed E-state index contributed by atoms with van der Waals surface area (Å²) in [5.74, 6) is 0.349. The summed E-state index contributed by atoms with van der Waals surface area (Å²) < 4.78 is 5.05. The van der Waals surface area contributed by atoms with Crippen molar-refractivity contribution in [3.63, 3.8) is 0 Å². The molecule has 2 aromatic heterocycles. The summed E-state index contributed by atoms with van der Waals surface area (Å²) in [4.78, 5) is 24.8. The van der Waals surface area contributed by atoms with Crippen LogP contribution in [-0.4, -0.2) is 51.4 Å². The number of aromatic nitrogens is 4. The van der Waals surface area contributed by atoms with Gasteiger partial charge in [-0.25, -0.2) is 4.98 Å². The van der Waals surface area contributed by atoms with Gasteiger partial charge < -0.3 is 20.1 Å². The monoisotopic (exact) mass is 239 g/mol. The third-order valence-corrected chi connectivity index (χ3v) is 2.07. The molecule has 0 amide bonds. The lowest BCUT2D eigenvalue weighted by atomic mass is 10.5. The predicted octanol–water partition coefficient (Wildman–Crippen LogP) is -0.933. The highest BCUT2D eigenvalue weighted by atomic mass is 16.5. The van der Waals surface area contributed by atoms with Gasteiger partial charge in [0, 0.05) is 6.54 Å². The van der Waals surface area contributed by atoms with Crippen LogP contribution in [0.4, 0.5) is 5.95 Å². The fourth-order valence-corrected chi connectivity index (χ4v) is 1.33. The Hall–Kier alpha value is -1.93. The normalized spacial score (nSPS) is 10.9. The van der Waals surface area contributed by atoms with Gasteiger partial charge in [0.1, 0.15) is 0 Å². The van der Waals surface area contributed by atoms with Gasteiger partial charge in [0.25, 0.3) is 5.56 Å². The summed E-state index contributed by atoms with van der Waals surface area (Å²) >= 11 is 0. The van der Waals surface area contributed by atoms with E-state index in [1.807, 2.05) is 0 Å².